The standard InChI is InChI=1S/C22H29N3O5S2/c1-4-24(5-2)32(29,30)20-11-8-17(3)21(16-20)23-22(26)18-9-12-19(13-10-18)31(27,28)25-14-6-7-15-25/h8-13,16H,4-7,14-15H2,1-3H3,(H,23,26). The molecule has 1 amide bonds. The Labute approximate surface area is 190 Å². The van der Waals surface area contributed by atoms with Crippen LogP contribution >= 0.6 is 0 Å². The molecular weight excluding hydrogens is 450 g/mol. The van der Waals surface area contributed by atoms with Crippen LogP contribution in [0.3, 0.4) is 0 Å². The van der Waals surface area contributed by atoms with Gasteiger partial charge >= 0.3 is 0 Å². The van der Waals surface area contributed by atoms with Crippen molar-refractivity contribution >= 4 is 31.6 Å². The zero-order chi connectivity index (χ0) is 23.5. The van der Waals surface area contributed by atoms with Crippen LogP contribution in [0.25, 0.3) is 0 Å². The van der Waals surface area contributed by atoms with Crippen LogP contribution in [0.15, 0.2) is 52.3 Å². The van der Waals surface area contributed by atoms with Crippen molar-refractivity contribution in [3.05, 3.63) is 53.6 Å². The molecule has 1 fully saturated rings. The Morgan fingerprint density at radius 2 is 1.50 bits per heavy atom. The minimum absolute atomic E-state index is 0.106. The molecule has 0 aromatic heterocycles. The molecule has 0 unspecified atom stereocenters. The lowest BCUT2D eigenvalue weighted by Crippen LogP contribution is -2.30. The van der Waals surface area contributed by atoms with E-state index in [1.54, 1.807) is 26.8 Å². The van der Waals surface area contributed by atoms with Crippen LogP contribution in [-0.4, -0.2) is 57.5 Å². The second-order valence-electron chi connectivity index (χ2n) is 7.66. The van der Waals surface area contributed by atoms with Crippen LogP contribution < -0.4 is 5.32 Å². The van der Waals surface area contributed by atoms with Gasteiger partial charge in [0.1, 0.15) is 0 Å². The van der Waals surface area contributed by atoms with Gasteiger partial charge in [-0.05, 0) is 61.7 Å². The van der Waals surface area contributed by atoms with Crippen LogP contribution in [0.4, 0.5) is 5.69 Å². The van der Waals surface area contributed by atoms with E-state index in [-0.39, 0.29) is 15.4 Å². The first kappa shape index (κ1) is 24.4. The Morgan fingerprint density at radius 3 is 2.06 bits per heavy atom. The number of sulfonamides is 2. The molecule has 1 aliphatic rings. The van der Waals surface area contributed by atoms with E-state index in [0.717, 1.165) is 12.8 Å². The van der Waals surface area contributed by atoms with Crippen LogP contribution in [0.5, 0.6) is 0 Å². The number of anilines is 1. The first-order valence-corrected chi connectivity index (χ1v) is 13.5. The molecule has 174 valence electrons. The summed E-state index contributed by atoms with van der Waals surface area (Å²) in [5.41, 5.74) is 1.38. The second kappa shape index (κ2) is 9.70. The number of nitrogens with zero attached hydrogens (tertiary/aromatic N) is 2. The van der Waals surface area contributed by atoms with Gasteiger partial charge in [0.25, 0.3) is 5.91 Å². The molecule has 3 rings (SSSR count). The van der Waals surface area contributed by atoms with Crippen LogP contribution in [0.2, 0.25) is 0 Å². The monoisotopic (exact) mass is 479 g/mol. The number of aryl methyl sites for hydroxylation is 1. The van der Waals surface area contributed by atoms with Crippen molar-refractivity contribution in [3.63, 3.8) is 0 Å². The quantitative estimate of drug-likeness (QED) is 0.627. The number of hydrogen-bond donors (Lipinski definition) is 1. The SMILES string of the molecule is CCN(CC)S(=O)(=O)c1ccc(C)c(NC(=O)c2ccc(S(=O)(=O)N3CCCC3)cc2)c1. The summed E-state index contributed by atoms with van der Waals surface area (Å²) in [6, 6.07) is 10.4. The Hall–Kier alpha value is -2.27. The van der Waals surface area contributed by atoms with Crippen molar-refractivity contribution in [2.45, 2.75) is 43.4 Å². The van der Waals surface area contributed by atoms with Gasteiger partial charge in [-0.15, -0.1) is 0 Å². The number of carbonyl (C=O) groups excluding carboxylic acids is 1. The molecule has 32 heavy (non-hydrogen) atoms. The minimum Gasteiger partial charge on any atom is -0.322 e. The summed E-state index contributed by atoms with van der Waals surface area (Å²) in [5, 5.41) is 2.75. The normalized spacial score (nSPS) is 15.2. The smallest absolute Gasteiger partial charge is 0.255 e. The summed E-state index contributed by atoms with van der Waals surface area (Å²) in [7, 11) is -7.21. The maximum atomic E-state index is 12.8. The third-order valence-corrected chi connectivity index (χ3v) is 9.58. The van der Waals surface area contributed by atoms with Gasteiger partial charge in [-0.25, -0.2) is 16.8 Å². The van der Waals surface area contributed by atoms with Crippen molar-refractivity contribution in [2.75, 3.05) is 31.5 Å². The van der Waals surface area contributed by atoms with E-state index < -0.39 is 26.0 Å². The molecule has 0 aliphatic carbocycles. The molecule has 0 bridgehead atoms. The van der Waals surface area contributed by atoms with E-state index in [1.165, 1.54) is 45.0 Å². The van der Waals surface area contributed by atoms with E-state index in [2.05, 4.69) is 5.32 Å². The Kier molecular flexibility index (Phi) is 7.39. The molecule has 0 spiro atoms. The summed E-state index contributed by atoms with van der Waals surface area (Å²) in [6.07, 6.45) is 1.70. The highest BCUT2D eigenvalue weighted by Gasteiger charge is 2.27. The van der Waals surface area contributed by atoms with E-state index in [0.29, 0.717) is 37.4 Å². The molecular formula is C22H29N3O5S2. The maximum Gasteiger partial charge on any atom is 0.255 e. The number of rotatable bonds is 8. The lowest BCUT2D eigenvalue weighted by Gasteiger charge is -2.19. The van der Waals surface area contributed by atoms with Gasteiger partial charge in [-0.2, -0.15) is 8.61 Å². The number of nitrogens with one attached hydrogen (secondary N) is 1. The highest BCUT2D eigenvalue weighted by Crippen LogP contribution is 2.25. The first-order valence-electron chi connectivity index (χ1n) is 10.6. The average Bonchev–Trinajstić information content (AvgIpc) is 3.32. The summed E-state index contributed by atoms with van der Waals surface area (Å²) >= 11 is 0. The fourth-order valence-corrected chi connectivity index (χ4v) is 6.66. The fraction of sp³-hybridized carbons (Fsp3) is 0.409. The number of hydrogen-bond acceptors (Lipinski definition) is 5. The molecule has 0 atom stereocenters. The lowest BCUT2D eigenvalue weighted by atomic mass is 10.1. The second-order valence-corrected chi connectivity index (χ2v) is 11.5. The van der Waals surface area contributed by atoms with Gasteiger partial charge in [-0.1, -0.05) is 19.9 Å². The van der Waals surface area contributed by atoms with Gasteiger partial charge in [0.15, 0.2) is 0 Å². The molecule has 10 heteroatoms. The summed E-state index contributed by atoms with van der Waals surface area (Å²) in [6.45, 7) is 7.03. The molecule has 8 nitrogen and oxygen atoms in total. The van der Waals surface area contributed by atoms with E-state index in [1.807, 2.05) is 0 Å². The van der Waals surface area contributed by atoms with Crippen LogP contribution in [0.1, 0.15) is 42.6 Å². The average molecular weight is 480 g/mol. The van der Waals surface area contributed by atoms with Gasteiger partial charge in [-0.3, -0.25) is 4.79 Å². The zero-order valence-electron chi connectivity index (χ0n) is 18.5. The molecule has 2 aromatic rings. The number of carbonyl (C=O) groups is 1. The third-order valence-electron chi connectivity index (χ3n) is 5.62. The molecule has 0 saturated carbocycles. The lowest BCUT2D eigenvalue weighted by molar-refractivity contribution is 0.102. The molecule has 1 heterocycles. The van der Waals surface area contributed by atoms with Crippen LogP contribution in [0, 0.1) is 6.92 Å². The summed E-state index contributed by atoms with van der Waals surface area (Å²) < 4.78 is 53.7. The van der Waals surface area contributed by atoms with Gasteiger partial charge in [0, 0.05) is 37.4 Å². The van der Waals surface area contributed by atoms with Crippen molar-refractivity contribution in [3.8, 4) is 0 Å². The number of benzene rings is 2. The molecule has 1 N–H and O–H groups in total. The van der Waals surface area contributed by atoms with Crippen molar-refractivity contribution < 1.29 is 21.6 Å². The highest BCUT2D eigenvalue weighted by atomic mass is 32.2. The van der Waals surface area contributed by atoms with Gasteiger partial charge in [0.2, 0.25) is 20.0 Å². The maximum absolute atomic E-state index is 12.8. The minimum atomic E-state index is -3.66. The Balaban J connectivity index is 1.81. The number of amides is 1. The van der Waals surface area contributed by atoms with E-state index >= 15 is 0 Å². The van der Waals surface area contributed by atoms with Crippen molar-refractivity contribution in [1.29, 1.82) is 0 Å². The largest absolute Gasteiger partial charge is 0.322 e. The molecule has 1 aliphatic heterocycles. The van der Waals surface area contributed by atoms with Crippen molar-refractivity contribution in [1.82, 2.24) is 8.61 Å². The summed E-state index contributed by atoms with van der Waals surface area (Å²) in [5.74, 6) is -0.449. The Bertz CT molecular complexity index is 1180. The predicted molar refractivity (Wildman–Crippen MR) is 124 cm³/mol. The van der Waals surface area contributed by atoms with E-state index in [9.17, 15) is 21.6 Å². The van der Waals surface area contributed by atoms with Crippen LogP contribution in [-0.2, 0) is 20.0 Å². The zero-order valence-corrected chi connectivity index (χ0v) is 20.2. The van der Waals surface area contributed by atoms with Gasteiger partial charge in [0.05, 0.1) is 9.79 Å². The highest BCUT2D eigenvalue weighted by molar-refractivity contribution is 7.89. The fourth-order valence-electron chi connectivity index (χ4n) is 3.66. The molecule has 1 saturated heterocycles. The molecule has 2 aromatic carbocycles. The predicted octanol–water partition coefficient (Wildman–Crippen LogP) is 3.06. The van der Waals surface area contributed by atoms with Gasteiger partial charge < -0.3 is 5.32 Å². The first-order chi connectivity index (χ1) is 15.1. The van der Waals surface area contributed by atoms with Crippen molar-refractivity contribution in [2.24, 2.45) is 0 Å². The molecule has 0 radical (unpaired) electrons. The third kappa shape index (κ3) is 4.88. The Morgan fingerprint density at radius 1 is 0.938 bits per heavy atom. The topological polar surface area (TPSA) is 104 Å². The summed E-state index contributed by atoms with van der Waals surface area (Å²) in [4.78, 5) is 13.0. The van der Waals surface area contributed by atoms with E-state index in [4.69, 9.17) is 0 Å².